The fourth-order valence-corrected chi connectivity index (χ4v) is 4.35. The predicted molar refractivity (Wildman–Crippen MR) is 67.8 cm³/mol. The van der Waals surface area contributed by atoms with Crippen LogP contribution in [0.1, 0.15) is 52.9 Å². The summed E-state index contributed by atoms with van der Waals surface area (Å²) in [6.45, 7) is 5.64. The van der Waals surface area contributed by atoms with Crippen molar-refractivity contribution in [1.82, 2.24) is 4.72 Å². The van der Waals surface area contributed by atoms with Crippen molar-refractivity contribution in [3.63, 3.8) is 0 Å². The van der Waals surface area contributed by atoms with E-state index in [1.807, 2.05) is 20.8 Å². The Morgan fingerprint density at radius 2 is 1.76 bits per heavy atom. The summed E-state index contributed by atoms with van der Waals surface area (Å²) < 4.78 is 26.7. The minimum atomic E-state index is -3.38. The van der Waals surface area contributed by atoms with Gasteiger partial charge >= 0.3 is 0 Å². The van der Waals surface area contributed by atoms with Crippen molar-refractivity contribution in [2.75, 3.05) is 5.75 Å². The van der Waals surface area contributed by atoms with Gasteiger partial charge in [-0.1, -0.05) is 40.0 Å². The molecule has 0 unspecified atom stereocenters. The summed E-state index contributed by atoms with van der Waals surface area (Å²) in [4.78, 5) is 0. The van der Waals surface area contributed by atoms with Gasteiger partial charge in [0.1, 0.15) is 5.54 Å². The second-order valence-corrected chi connectivity index (χ2v) is 7.90. The molecule has 5 heteroatoms. The number of nitrogens with one attached hydrogen (secondary N) is 1. The fourth-order valence-electron chi connectivity index (χ4n) is 2.30. The van der Waals surface area contributed by atoms with E-state index in [1.165, 1.54) is 0 Å². The van der Waals surface area contributed by atoms with Gasteiger partial charge in [0.25, 0.3) is 0 Å². The summed E-state index contributed by atoms with van der Waals surface area (Å²) >= 11 is 0. The maximum atomic E-state index is 12.0. The number of nitriles is 1. The molecule has 1 aliphatic rings. The van der Waals surface area contributed by atoms with Crippen molar-refractivity contribution in [2.45, 2.75) is 58.4 Å². The Labute approximate surface area is 104 Å². The van der Waals surface area contributed by atoms with Crippen molar-refractivity contribution in [3.05, 3.63) is 0 Å². The van der Waals surface area contributed by atoms with Crippen molar-refractivity contribution < 1.29 is 8.42 Å². The Morgan fingerprint density at radius 1 is 1.24 bits per heavy atom. The zero-order valence-corrected chi connectivity index (χ0v) is 11.7. The summed E-state index contributed by atoms with van der Waals surface area (Å²) in [7, 11) is -3.38. The first-order valence-electron chi connectivity index (χ1n) is 6.11. The van der Waals surface area contributed by atoms with Crippen molar-refractivity contribution in [3.8, 4) is 6.07 Å². The zero-order valence-electron chi connectivity index (χ0n) is 10.9. The zero-order chi connectivity index (χ0) is 13.2. The standard InChI is InChI=1S/C12H22N2O2S/c1-11(2,3)10-17(15,16)14-12(9-13)7-5-4-6-8-12/h14H,4-8,10H2,1-3H3. The van der Waals surface area contributed by atoms with Gasteiger partial charge in [0.05, 0.1) is 11.8 Å². The van der Waals surface area contributed by atoms with Gasteiger partial charge in [-0.05, 0) is 18.3 Å². The molecule has 0 bridgehead atoms. The quantitative estimate of drug-likeness (QED) is 0.843. The van der Waals surface area contributed by atoms with Gasteiger partial charge in [0, 0.05) is 0 Å². The molecule has 0 heterocycles. The van der Waals surface area contributed by atoms with E-state index < -0.39 is 15.6 Å². The Balaban J connectivity index is 2.78. The molecule has 0 aromatic carbocycles. The largest absolute Gasteiger partial charge is 0.213 e. The molecule has 0 aliphatic heterocycles. The SMILES string of the molecule is CC(C)(C)CS(=O)(=O)NC1(C#N)CCCCC1. The van der Waals surface area contributed by atoms with Crippen LogP contribution in [0, 0.1) is 16.7 Å². The maximum Gasteiger partial charge on any atom is 0.213 e. The number of hydrogen-bond donors (Lipinski definition) is 1. The summed E-state index contributed by atoms with van der Waals surface area (Å²) in [6.07, 6.45) is 4.20. The predicted octanol–water partition coefficient (Wildman–Crippen LogP) is 2.18. The summed E-state index contributed by atoms with van der Waals surface area (Å²) in [6, 6.07) is 2.17. The number of nitrogens with zero attached hydrogens (tertiary/aromatic N) is 1. The van der Waals surface area contributed by atoms with E-state index >= 15 is 0 Å². The van der Waals surface area contributed by atoms with Gasteiger partial charge in [0.2, 0.25) is 10.0 Å². The van der Waals surface area contributed by atoms with Gasteiger partial charge in [-0.2, -0.15) is 9.98 Å². The van der Waals surface area contributed by atoms with Crippen LogP contribution in [-0.2, 0) is 10.0 Å². The van der Waals surface area contributed by atoms with Crippen LogP contribution in [0.25, 0.3) is 0 Å². The van der Waals surface area contributed by atoms with Gasteiger partial charge in [-0.3, -0.25) is 0 Å². The first kappa shape index (κ1) is 14.5. The van der Waals surface area contributed by atoms with Gasteiger partial charge < -0.3 is 0 Å². The first-order chi connectivity index (χ1) is 7.68. The molecule has 0 saturated heterocycles. The average molecular weight is 258 g/mol. The third kappa shape index (κ3) is 4.64. The molecule has 1 fully saturated rings. The number of rotatable bonds is 3. The van der Waals surface area contributed by atoms with Crippen molar-refractivity contribution >= 4 is 10.0 Å². The Morgan fingerprint density at radius 3 is 2.18 bits per heavy atom. The molecular weight excluding hydrogens is 236 g/mol. The molecule has 0 aromatic heterocycles. The molecule has 1 rings (SSSR count). The van der Waals surface area contributed by atoms with E-state index in [-0.39, 0.29) is 11.2 Å². The Kier molecular flexibility index (Phi) is 4.21. The Bertz CT molecular complexity index is 395. The van der Waals surface area contributed by atoms with Crippen molar-refractivity contribution in [1.29, 1.82) is 5.26 Å². The monoisotopic (exact) mass is 258 g/mol. The van der Waals surface area contributed by atoms with Crippen LogP contribution in [0.15, 0.2) is 0 Å². The summed E-state index contributed by atoms with van der Waals surface area (Å²) in [5, 5.41) is 9.23. The fraction of sp³-hybridized carbons (Fsp3) is 0.917. The molecule has 0 amide bonds. The van der Waals surface area contributed by atoms with Crippen LogP contribution >= 0.6 is 0 Å². The van der Waals surface area contributed by atoms with Crippen LogP contribution in [0.5, 0.6) is 0 Å². The average Bonchev–Trinajstić information content (AvgIpc) is 2.14. The normalized spacial score (nSPS) is 20.8. The topological polar surface area (TPSA) is 70.0 Å². The number of sulfonamides is 1. The van der Waals surface area contributed by atoms with Crippen LogP contribution in [-0.4, -0.2) is 19.7 Å². The second kappa shape index (κ2) is 4.95. The molecule has 1 aliphatic carbocycles. The molecule has 1 N–H and O–H groups in total. The highest BCUT2D eigenvalue weighted by Gasteiger charge is 2.37. The van der Waals surface area contributed by atoms with Crippen LogP contribution in [0.4, 0.5) is 0 Å². The molecule has 4 nitrogen and oxygen atoms in total. The van der Waals surface area contributed by atoms with Crippen LogP contribution in [0.2, 0.25) is 0 Å². The molecule has 98 valence electrons. The molecule has 0 spiro atoms. The molecule has 1 saturated carbocycles. The Hall–Kier alpha value is -0.600. The third-order valence-electron chi connectivity index (χ3n) is 2.90. The van der Waals surface area contributed by atoms with E-state index in [9.17, 15) is 13.7 Å². The molecule has 0 aromatic rings. The minimum absolute atomic E-state index is 0.0590. The van der Waals surface area contributed by atoms with E-state index in [0.29, 0.717) is 12.8 Å². The van der Waals surface area contributed by atoms with E-state index in [0.717, 1.165) is 19.3 Å². The molecule has 17 heavy (non-hydrogen) atoms. The number of hydrogen-bond acceptors (Lipinski definition) is 3. The molecular formula is C12H22N2O2S. The van der Waals surface area contributed by atoms with Gasteiger partial charge in [0.15, 0.2) is 0 Å². The summed E-state index contributed by atoms with van der Waals surface area (Å²) in [5.74, 6) is 0.0590. The summed E-state index contributed by atoms with van der Waals surface area (Å²) in [5.41, 5.74) is -1.15. The second-order valence-electron chi connectivity index (χ2n) is 6.18. The lowest BCUT2D eigenvalue weighted by molar-refractivity contribution is 0.335. The first-order valence-corrected chi connectivity index (χ1v) is 7.76. The van der Waals surface area contributed by atoms with E-state index in [2.05, 4.69) is 10.8 Å². The third-order valence-corrected chi connectivity index (χ3v) is 4.84. The highest BCUT2D eigenvalue weighted by molar-refractivity contribution is 7.89. The van der Waals surface area contributed by atoms with E-state index in [1.54, 1.807) is 0 Å². The lowest BCUT2D eigenvalue weighted by Gasteiger charge is -2.32. The highest BCUT2D eigenvalue weighted by Crippen LogP contribution is 2.29. The van der Waals surface area contributed by atoms with Crippen molar-refractivity contribution in [2.24, 2.45) is 5.41 Å². The lowest BCUT2D eigenvalue weighted by atomic mass is 9.84. The van der Waals surface area contributed by atoms with Gasteiger partial charge in [-0.15, -0.1) is 0 Å². The maximum absolute atomic E-state index is 12.0. The van der Waals surface area contributed by atoms with Gasteiger partial charge in [-0.25, -0.2) is 8.42 Å². The lowest BCUT2D eigenvalue weighted by Crippen LogP contribution is -2.50. The van der Waals surface area contributed by atoms with Crippen LogP contribution < -0.4 is 4.72 Å². The van der Waals surface area contributed by atoms with Crippen LogP contribution in [0.3, 0.4) is 0 Å². The highest BCUT2D eigenvalue weighted by atomic mass is 32.2. The minimum Gasteiger partial charge on any atom is -0.212 e. The van der Waals surface area contributed by atoms with E-state index in [4.69, 9.17) is 0 Å². The molecule has 0 radical (unpaired) electrons. The smallest absolute Gasteiger partial charge is 0.212 e. The molecule has 0 atom stereocenters.